The Balaban J connectivity index is 1.91. The average molecular weight is 290 g/mol. The van der Waals surface area contributed by atoms with Gasteiger partial charge < -0.3 is 10.2 Å². The molecule has 1 saturated heterocycles. The fraction of sp³-hybridized carbons (Fsp3) is 0.667. The number of piperazine rings is 1. The van der Waals surface area contributed by atoms with E-state index in [4.69, 9.17) is 0 Å². The van der Waals surface area contributed by atoms with E-state index in [1.165, 1.54) is 12.8 Å². The van der Waals surface area contributed by atoms with Gasteiger partial charge in [-0.3, -0.25) is 0 Å². The molecular formula is C18H27FN2. The van der Waals surface area contributed by atoms with Gasteiger partial charge in [-0.25, -0.2) is 4.39 Å². The lowest BCUT2D eigenvalue weighted by Crippen LogP contribution is -2.65. The Labute approximate surface area is 127 Å². The third kappa shape index (κ3) is 2.80. The average Bonchev–Trinajstić information content (AvgIpc) is 3.26. The van der Waals surface area contributed by atoms with Crippen molar-refractivity contribution in [2.45, 2.75) is 52.1 Å². The van der Waals surface area contributed by atoms with Gasteiger partial charge >= 0.3 is 0 Å². The van der Waals surface area contributed by atoms with E-state index in [1.54, 1.807) is 6.07 Å². The summed E-state index contributed by atoms with van der Waals surface area (Å²) in [5, 5.41) is 3.78. The Morgan fingerprint density at radius 1 is 1.33 bits per heavy atom. The molecule has 1 heterocycles. The number of aryl methyl sites for hydroxylation is 1. The van der Waals surface area contributed by atoms with E-state index >= 15 is 0 Å². The number of nitrogens with zero attached hydrogens (tertiary/aromatic N) is 1. The third-order valence-corrected chi connectivity index (χ3v) is 5.35. The van der Waals surface area contributed by atoms with Gasteiger partial charge in [-0.1, -0.05) is 19.9 Å². The SMILES string of the molecule is Cc1ccc(N2CC(C)(C3CC3)NCC2C(C)C)cc1F. The van der Waals surface area contributed by atoms with Crippen molar-refractivity contribution in [3.8, 4) is 0 Å². The summed E-state index contributed by atoms with van der Waals surface area (Å²) in [5.74, 6) is 1.23. The number of hydrogen-bond acceptors (Lipinski definition) is 2. The Morgan fingerprint density at radius 2 is 2.05 bits per heavy atom. The molecular weight excluding hydrogens is 263 g/mol. The Bertz CT molecular complexity index is 524. The maximum atomic E-state index is 14.0. The molecule has 1 saturated carbocycles. The van der Waals surface area contributed by atoms with Crippen LogP contribution in [0.4, 0.5) is 10.1 Å². The lowest BCUT2D eigenvalue weighted by molar-refractivity contribution is 0.233. The summed E-state index contributed by atoms with van der Waals surface area (Å²) in [4.78, 5) is 2.43. The molecule has 1 aromatic carbocycles. The number of halogens is 1. The van der Waals surface area contributed by atoms with E-state index in [0.717, 1.165) is 30.3 Å². The molecule has 0 bridgehead atoms. The van der Waals surface area contributed by atoms with Crippen LogP contribution >= 0.6 is 0 Å². The molecule has 116 valence electrons. The van der Waals surface area contributed by atoms with Gasteiger partial charge in [-0.15, -0.1) is 0 Å². The zero-order valence-corrected chi connectivity index (χ0v) is 13.6. The van der Waals surface area contributed by atoms with E-state index in [-0.39, 0.29) is 11.4 Å². The van der Waals surface area contributed by atoms with Crippen LogP contribution in [0.3, 0.4) is 0 Å². The van der Waals surface area contributed by atoms with Gasteiger partial charge in [0.2, 0.25) is 0 Å². The van der Waals surface area contributed by atoms with Gasteiger partial charge in [0.05, 0.1) is 0 Å². The molecule has 0 radical (unpaired) electrons. The number of rotatable bonds is 3. The minimum atomic E-state index is -0.0957. The van der Waals surface area contributed by atoms with Crippen LogP contribution in [0.25, 0.3) is 0 Å². The second kappa shape index (κ2) is 5.28. The highest BCUT2D eigenvalue weighted by Gasteiger charge is 2.46. The molecule has 1 aliphatic heterocycles. The highest BCUT2D eigenvalue weighted by Crippen LogP contribution is 2.42. The molecule has 2 atom stereocenters. The normalized spacial score (nSPS) is 30.0. The van der Waals surface area contributed by atoms with Gasteiger partial charge in [-0.05, 0) is 56.2 Å². The first-order valence-corrected chi connectivity index (χ1v) is 8.18. The molecule has 2 fully saturated rings. The standard InChI is InChI=1S/C18H27FN2/c1-12(2)17-10-20-18(4,14-6-7-14)11-21(17)15-8-5-13(3)16(19)9-15/h5,8-9,12,14,17,20H,6-7,10-11H2,1-4H3. The lowest BCUT2D eigenvalue weighted by Gasteiger charge is -2.49. The molecule has 0 amide bonds. The van der Waals surface area contributed by atoms with Crippen molar-refractivity contribution in [2.24, 2.45) is 11.8 Å². The van der Waals surface area contributed by atoms with Gasteiger partial charge in [-0.2, -0.15) is 0 Å². The molecule has 1 aromatic rings. The van der Waals surface area contributed by atoms with E-state index in [2.05, 4.69) is 37.1 Å². The molecule has 3 rings (SSSR count). The number of nitrogens with one attached hydrogen (secondary N) is 1. The van der Waals surface area contributed by atoms with Crippen LogP contribution < -0.4 is 10.2 Å². The molecule has 3 heteroatoms. The minimum absolute atomic E-state index is 0.0957. The Morgan fingerprint density at radius 3 is 2.62 bits per heavy atom. The lowest BCUT2D eigenvalue weighted by atomic mass is 9.87. The van der Waals surface area contributed by atoms with Crippen LogP contribution in [-0.2, 0) is 0 Å². The molecule has 0 aromatic heterocycles. The van der Waals surface area contributed by atoms with Crippen LogP contribution in [0.1, 0.15) is 39.2 Å². The summed E-state index contributed by atoms with van der Waals surface area (Å²) in [6, 6.07) is 6.12. The van der Waals surface area contributed by atoms with E-state index < -0.39 is 0 Å². The number of anilines is 1. The fourth-order valence-electron chi connectivity index (χ4n) is 3.61. The first kappa shape index (κ1) is 14.8. The first-order chi connectivity index (χ1) is 9.90. The van der Waals surface area contributed by atoms with Crippen molar-refractivity contribution in [2.75, 3.05) is 18.0 Å². The van der Waals surface area contributed by atoms with Crippen molar-refractivity contribution in [3.63, 3.8) is 0 Å². The van der Waals surface area contributed by atoms with Crippen molar-refractivity contribution in [1.29, 1.82) is 0 Å². The Hall–Kier alpha value is -1.09. The summed E-state index contributed by atoms with van der Waals surface area (Å²) in [6.45, 7) is 10.6. The Kier molecular flexibility index (Phi) is 3.73. The van der Waals surface area contributed by atoms with E-state index in [0.29, 0.717) is 12.0 Å². The largest absolute Gasteiger partial charge is 0.365 e. The van der Waals surface area contributed by atoms with Crippen LogP contribution in [0.5, 0.6) is 0 Å². The summed E-state index contributed by atoms with van der Waals surface area (Å²) in [5.41, 5.74) is 1.93. The first-order valence-electron chi connectivity index (χ1n) is 8.18. The molecule has 21 heavy (non-hydrogen) atoms. The molecule has 1 N–H and O–H groups in total. The van der Waals surface area contributed by atoms with Crippen LogP contribution in [-0.4, -0.2) is 24.7 Å². The van der Waals surface area contributed by atoms with Gasteiger partial charge in [0, 0.05) is 30.4 Å². The second-order valence-corrected chi connectivity index (χ2v) is 7.45. The highest BCUT2D eigenvalue weighted by molar-refractivity contribution is 5.50. The monoisotopic (exact) mass is 290 g/mol. The predicted molar refractivity (Wildman–Crippen MR) is 86.2 cm³/mol. The summed E-state index contributed by atoms with van der Waals surface area (Å²) < 4.78 is 14.0. The van der Waals surface area contributed by atoms with E-state index in [1.807, 2.05) is 13.0 Å². The minimum Gasteiger partial charge on any atom is -0.365 e. The summed E-state index contributed by atoms with van der Waals surface area (Å²) in [6.07, 6.45) is 2.65. The molecule has 0 spiro atoms. The highest BCUT2D eigenvalue weighted by atomic mass is 19.1. The maximum absolute atomic E-state index is 14.0. The van der Waals surface area contributed by atoms with Crippen LogP contribution in [0, 0.1) is 24.6 Å². The third-order valence-electron chi connectivity index (χ3n) is 5.35. The van der Waals surface area contributed by atoms with Crippen LogP contribution in [0.2, 0.25) is 0 Å². The predicted octanol–water partition coefficient (Wildman–Crippen LogP) is 3.74. The maximum Gasteiger partial charge on any atom is 0.128 e. The number of benzene rings is 1. The van der Waals surface area contributed by atoms with Crippen molar-refractivity contribution in [3.05, 3.63) is 29.6 Å². The van der Waals surface area contributed by atoms with E-state index in [9.17, 15) is 4.39 Å². The zero-order valence-electron chi connectivity index (χ0n) is 13.6. The van der Waals surface area contributed by atoms with Gasteiger partial charge in [0.1, 0.15) is 5.82 Å². The van der Waals surface area contributed by atoms with Crippen LogP contribution in [0.15, 0.2) is 18.2 Å². The fourth-order valence-corrected chi connectivity index (χ4v) is 3.61. The molecule has 1 aliphatic carbocycles. The molecule has 2 aliphatic rings. The second-order valence-electron chi connectivity index (χ2n) is 7.45. The summed E-state index contributed by atoms with van der Waals surface area (Å²) >= 11 is 0. The van der Waals surface area contributed by atoms with Gasteiger partial charge in [0.15, 0.2) is 0 Å². The number of hydrogen-bond donors (Lipinski definition) is 1. The van der Waals surface area contributed by atoms with Crippen molar-refractivity contribution >= 4 is 5.69 Å². The quantitative estimate of drug-likeness (QED) is 0.912. The smallest absolute Gasteiger partial charge is 0.128 e. The summed E-state index contributed by atoms with van der Waals surface area (Å²) in [7, 11) is 0. The van der Waals surface area contributed by atoms with Crippen molar-refractivity contribution in [1.82, 2.24) is 5.32 Å². The zero-order chi connectivity index (χ0) is 15.2. The van der Waals surface area contributed by atoms with Crippen molar-refractivity contribution < 1.29 is 4.39 Å². The molecule has 2 unspecified atom stereocenters. The van der Waals surface area contributed by atoms with Gasteiger partial charge in [0.25, 0.3) is 0 Å². The topological polar surface area (TPSA) is 15.3 Å². The molecule has 2 nitrogen and oxygen atoms in total.